The molecule has 0 atom stereocenters. The Hall–Kier alpha value is -4.86. The summed E-state index contributed by atoms with van der Waals surface area (Å²) in [5.41, 5.74) is 2.21. The number of rotatable bonds is 16. The highest BCUT2D eigenvalue weighted by Gasteiger charge is 2.22. The van der Waals surface area contributed by atoms with Crippen LogP contribution in [0.4, 0.5) is 21.9 Å². The lowest BCUT2D eigenvalue weighted by Gasteiger charge is -2.26. The van der Waals surface area contributed by atoms with Gasteiger partial charge in [-0.15, -0.1) is 0 Å². The second kappa shape index (κ2) is 17.3. The third-order valence-corrected chi connectivity index (χ3v) is 7.42. The summed E-state index contributed by atoms with van der Waals surface area (Å²) in [6.45, 7) is 4.22. The lowest BCUT2D eigenvalue weighted by Crippen LogP contribution is -2.42. The first-order valence-electron chi connectivity index (χ1n) is 14.9. The number of hydrogen-bond donors (Lipinski definition) is 3. The number of carbonyl (C=O) groups excluding carboxylic acids is 3. The molecule has 234 valence electrons. The summed E-state index contributed by atoms with van der Waals surface area (Å²) in [5, 5.41) is 14.3. The molecule has 0 saturated carbocycles. The molecule has 0 aliphatic heterocycles. The second-order valence-corrected chi connectivity index (χ2v) is 10.5. The Bertz CT molecular complexity index is 1390. The van der Waals surface area contributed by atoms with Crippen LogP contribution in [0, 0.1) is 5.92 Å². The topological polar surface area (TPSA) is 128 Å². The van der Waals surface area contributed by atoms with Crippen molar-refractivity contribution in [3.8, 4) is 5.75 Å². The van der Waals surface area contributed by atoms with Gasteiger partial charge < -0.3 is 30.3 Å². The summed E-state index contributed by atoms with van der Waals surface area (Å²) < 4.78 is 5.96. The number of hydrogen-bond acceptors (Lipinski definition) is 5. The van der Waals surface area contributed by atoms with Crippen LogP contribution in [-0.4, -0.2) is 55.7 Å². The number of likely N-dealkylation sites (N-methyl/N-ethyl adjacent to an activating group) is 1. The first-order chi connectivity index (χ1) is 21.2. The molecule has 3 aromatic carbocycles. The fourth-order valence-electron chi connectivity index (χ4n) is 4.81. The molecule has 3 N–H and O–H groups in total. The zero-order valence-corrected chi connectivity index (χ0v) is 25.6. The van der Waals surface area contributed by atoms with Gasteiger partial charge >= 0.3 is 12.0 Å². The maximum absolute atomic E-state index is 13.6. The number of ether oxygens (including phenoxy) is 1. The van der Waals surface area contributed by atoms with Crippen LogP contribution in [0.2, 0.25) is 0 Å². The molecule has 10 nitrogen and oxygen atoms in total. The van der Waals surface area contributed by atoms with Gasteiger partial charge in [-0.25, -0.2) is 4.79 Å². The summed E-state index contributed by atoms with van der Waals surface area (Å²) in [6.07, 6.45) is 3.63. The Morgan fingerprint density at radius 3 is 2.30 bits per heavy atom. The van der Waals surface area contributed by atoms with Gasteiger partial charge in [-0.2, -0.15) is 0 Å². The molecule has 10 heteroatoms. The third-order valence-electron chi connectivity index (χ3n) is 7.42. The van der Waals surface area contributed by atoms with Gasteiger partial charge in [-0.3, -0.25) is 14.4 Å². The smallest absolute Gasteiger partial charge is 0.319 e. The fourth-order valence-corrected chi connectivity index (χ4v) is 4.81. The van der Waals surface area contributed by atoms with E-state index in [9.17, 15) is 19.2 Å². The Labute approximate surface area is 259 Å². The number of carboxylic acid groups (broad SMARTS) is 1. The Morgan fingerprint density at radius 2 is 1.59 bits per heavy atom. The molecule has 3 aromatic rings. The third kappa shape index (κ3) is 10.4. The summed E-state index contributed by atoms with van der Waals surface area (Å²) in [6, 6.07) is 22.2. The Kier molecular flexibility index (Phi) is 13.2. The monoisotopic (exact) mass is 602 g/mol. The Morgan fingerprint density at radius 1 is 0.886 bits per heavy atom. The van der Waals surface area contributed by atoms with Crippen molar-refractivity contribution in [2.24, 2.45) is 5.92 Å². The van der Waals surface area contributed by atoms with Gasteiger partial charge in [0.1, 0.15) is 5.75 Å². The summed E-state index contributed by atoms with van der Waals surface area (Å²) >= 11 is 0. The van der Waals surface area contributed by atoms with Gasteiger partial charge in [0.25, 0.3) is 5.91 Å². The molecule has 0 bridgehead atoms. The van der Waals surface area contributed by atoms with E-state index in [-0.39, 0.29) is 31.4 Å². The molecule has 4 amide bonds. The van der Waals surface area contributed by atoms with E-state index in [1.165, 1.54) is 4.90 Å². The molecule has 3 rings (SSSR count). The minimum Gasteiger partial charge on any atom is -0.482 e. The van der Waals surface area contributed by atoms with E-state index in [4.69, 9.17) is 9.84 Å². The van der Waals surface area contributed by atoms with Crippen molar-refractivity contribution in [1.29, 1.82) is 0 Å². The van der Waals surface area contributed by atoms with E-state index in [0.717, 1.165) is 31.4 Å². The van der Waals surface area contributed by atoms with Gasteiger partial charge in [0, 0.05) is 25.0 Å². The minimum absolute atomic E-state index is 0.170. The number of anilines is 3. The molecule has 0 spiro atoms. The molecular formula is C34H42N4O6. The highest BCUT2D eigenvalue weighted by Crippen LogP contribution is 2.29. The lowest BCUT2D eigenvalue weighted by atomic mass is 9.97. The van der Waals surface area contributed by atoms with Crippen LogP contribution in [0.25, 0.3) is 0 Å². The predicted octanol–water partition coefficient (Wildman–Crippen LogP) is 5.73. The number of aliphatic carboxylic acids is 1. The highest BCUT2D eigenvalue weighted by molar-refractivity contribution is 5.99. The molecule has 0 radical (unpaired) electrons. The zero-order valence-electron chi connectivity index (χ0n) is 25.6. The van der Waals surface area contributed by atoms with E-state index in [0.29, 0.717) is 35.2 Å². The highest BCUT2D eigenvalue weighted by atomic mass is 16.5. The van der Waals surface area contributed by atoms with Crippen molar-refractivity contribution in [2.45, 2.75) is 46.0 Å². The maximum Gasteiger partial charge on any atom is 0.319 e. The first kappa shape index (κ1) is 33.6. The lowest BCUT2D eigenvalue weighted by molar-refractivity contribution is -0.136. The number of nitrogens with zero attached hydrogens (tertiary/aromatic N) is 2. The van der Waals surface area contributed by atoms with E-state index < -0.39 is 12.0 Å². The van der Waals surface area contributed by atoms with E-state index >= 15 is 0 Å². The predicted molar refractivity (Wildman–Crippen MR) is 172 cm³/mol. The van der Waals surface area contributed by atoms with Crippen molar-refractivity contribution in [3.63, 3.8) is 0 Å². The van der Waals surface area contributed by atoms with Crippen LogP contribution < -0.4 is 25.2 Å². The number of urea groups is 1. The number of nitrogens with one attached hydrogen (secondary N) is 2. The quantitative estimate of drug-likeness (QED) is 0.192. The molecule has 0 heterocycles. The summed E-state index contributed by atoms with van der Waals surface area (Å²) in [7, 11) is 1.68. The normalized spacial score (nSPS) is 10.6. The van der Waals surface area contributed by atoms with E-state index in [1.807, 2.05) is 30.3 Å². The van der Waals surface area contributed by atoms with Gasteiger partial charge in [-0.05, 0) is 60.7 Å². The van der Waals surface area contributed by atoms with Crippen molar-refractivity contribution in [1.82, 2.24) is 5.32 Å². The summed E-state index contributed by atoms with van der Waals surface area (Å²) in [5.74, 6) is -0.627. The number of carboxylic acids is 1. The second-order valence-electron chi connectivity index (χ2n) is 10.5. The van der Waals surface area contributed by atoms with Crippen molar-refractivity contribution < 1.29 is 29.0 Å². The molecule has 0 aliphatic carbocycles. The van der Waals surface area contributed by atoms with Gasteiger partial charge in [0.05, 0.1) is 18.7 Å². The van der Waals surface area contributed by atoms with Gasteiger partial charge in [0.2, 0.25) is 5.91 Å². The zero-order chi connectivity index (χ0) is 31.9. The van der Waals surface area contributed by atoms with Crippen molar-refractivity contribution in [2.75, 3.05) is 41.9 Å². The van der Waals surface area contributed by atoms with E-state index in [2.05, 4.69) is 24.5 Å². The first-order valence-corrected chi connectivity index (χ1v) is 14.9. The average molecular weight is 603 g/mol. The molecule has 0 fully saturated rings. The molecular weight excluding hydrogens is 560 g/mol. The SMILES string of the molecule is CCC(CC)CCCN(C(=O)CNC(=O)Nc1cccc(CC(=O)O)c1)c1ccccc1OCC(=O)N(C)c1ccccc1. The average Bonchev–Trinajstić information content (AvgIpc) is 3.03. The standard InChI is InChI=1S/C34H42N4O6/c1-4-25(5-2)14-12-20-38(31(39)23-35-34(43)36-27-15-11-13-26(21-27)22-33(41)42)29-18-9-10-19-30(29)44-24-32(40)37(3)28-16-7-6-8-17-28/h6-11,13,15-19,21,25H,4-5,12,14,20,22-24H2,1-3H3,(H,41,42)(H2,35,36,43). The molecule has 0 aliphatic rings. The van der Waals surface area contributed by atoms with Crippen LogP contribution in [0.5, 0.6) is 5.75 Å². The van der Waals surface area contributed by atoms with Crippen LogP contribution in [-0.2, 0) is 20.8 Å². The number of carbonyl (C=O) groups is 4. The number of amides is 4. The van der Waals surface area contributed by atoms with Crippen LogP contribution >= 0.6 is 0 Å². The van der Waals surface area contributed by atoms with Crippen LogP contribution in [0.1, 0.15) is 45.1 Å². The Balaban J connectivity index is 1.71. The largest absolute Gasteiger partial charge is 0.482 e. The van der Waals surface area contributed by atoms with Crippen LogP contribution in [0.15, 0.2) is 78.9 Å². The molecule has 0 aromatic heterocycles. The summed E-state index contributed by atoms with van der Waals surface area (Å²) in [4.78, 5) is 53.2. The molecule has 0 unspecified atom stereocenters. The number of benzene rings is 3. The maximum atomic E-state index is 13.6. The van der Waals surface area contributed by atoms with E-state index in [1.54, 1.807) is 60.5 Å². The van der Waals surface area contributed by atoms with Crippen LogP contribution in [0.3, 0.4) is 0 Å². The van der Waals surface area contributed by atoms with Gasteiger partial charge in [-0.1, -0.05) is 69.2 Å². The van der Waals surface area contributed by atoms with Gasteiger partial charge in [0.15, 0.2) is 6.61 Å². The molecule has 44 heavy (non-hydrogen) atoms. The fraction of sp³-hybridized carbons (Fsp3) is 0.353. The molecule has 0 saturated heterocycles. The minimum atomic E-state index is -0.974. The van der Waals surface area contributed by atoms with Crippen molar-refractivity contribution >= 4 is 40.9 Å². The van der Waals surface area contributed by atoms with Crippen molar-refractivity contribution in [3.05, 3.63) is 84.4 Å². The number of para-hydroxylation sites is 3.